The highest BCUT2D eigenvalue weighted by atomic mass is 16.4. The van der Waals surface area contributed by atoms with Crippen molar-refractivity contribution < 1.29 is 9.90 Å². The fraction of sp³-hybridized carbons (Fsp3) is 0.824. The summed E-state index contributed by atoms with van der Waals surface area (Å²) >= 11 is 0. The van der Waals surface area contributed by atoms with Crippen LogP contribution in [0.2, 0.25) is 0 Å². The van der Waals surface area contributed by atoms with E-state index in [0.717, 1.165) is 38.5 Å². The van der Waals surface area contributed by atoms with E-state index in [-0.39, 0.29) is 5.92 Å². The maximum atomic E-state index is 11.3. The summed E-state index contributed by atoms with van der Waals surface area (Å²) in [6.45, 7) is 0. The van der Waals surface area contributed by atoms with Crippen LogP contribution in [0.4, 0.5) is 0 Å². The zero-order valence-electron chi connectivity index (χ0n) is 12.1. The molecule has 0 bridgehead atoms. The van der Waals surface area contributed by atoms with E-state index < -0.39 is 5.97 Å². The third-order valence-electron chi connectivity index (χ3n) is 4.37. The SMILES string of the molecule is C#CCCCCCCCCC(C(=O)O)C1CCCC1. The number of hydrogen-bond acceptors (Lipinski definition) is 1. The number of carboxylic acids is 1. The summed E-state index contributed by atoms with van der Waals surface area (Å²) in [5, 5.41) is 9.31. The van der Waals surface area contributed by atoms with Gasteiger partial charge in [0.2, 0.25) is 0 Å². The quantitative estimate of drug-likeness (QED) is 0.461. The van der Waals surface area contributed by atoms with Crippen LogP contribution in [0.5, 0.6) is 0 Å². The van der Waals surface area contributed by atoms with Gasteiger partial charge >= 0.3 is 5.97 Å². The van der Waals surface area contributed by atoms with E-state index >= 15 is 0 Å². The third-order valence-corrected chi connectivity index (χ3v) is 4.37. The van der Waals surface area contributed by atoms with E-state index in [2.05, 4.69) is 5.92 Å². The highest BCUT2D eigenvalue weighted by molar-refractivity contribution is 5.70. The fourth-order valence-electron chi connectivity index (χ4n) is 3.22. The zero-order chi connectivity index (χ0) is 13.9. The first-order valence-electron chi connectivity index (χ1n) is 7.92. The molecule has 1 N–H and O–H groups in total. The van der Waals surface area contributed by atoms with Gasteiger partial charge in [0, 0.05) is 6.42 Å². The molecular weight excluding hydrogens is 236 g/mol. The number of hydrogen-bond donors (Lipinski definition) is 1. The Kier molecular flexibility index (Phi) is 8.38. The van der Waals surface area contributed by atoms with Gasteiger partial charge < -0.3 is 5.11 Å². The van der Waals surface area contributed by atoms with Gasteiger partial charge in [0.15, 0.2) is 0 Å². The minimum absolute atomic E-state index is 0.0797. The molecular formula is C17H28O2. The molecule has 0 aliphatic heterocycles. The van der Waals surface area contributed by atoms with Gasteiger partial charge in [-0.25, -0.2) is 0 Å². The van der Waals surface area contributed by atoms with Crippen LogP contribution >= 0.6 is 0 Å². The molecule has 0 radical (unpaired) electrons. The van der Waals surface area contributed by atoms with Crippen molar-refractivity contribution in [3.8, 4) is 12.3 Å². The second-order valence-corrected chi connectivity index (χ2v) is 5.85. The van der Waals surface area contributed by atoms with Crippen molar-refractivity contribution in [3.05, 3.63) is 0 Å². The number of unbranched alkanes of at least 4 members (excludes halogenated alkanes) is 6. The minimum Gasteiger partial charge on any atom is -0.481 e. The monoisotopic (exact) mass is 264 g/mol. The summed E-state index contributed by atoms with van der Waals surface area (Å²) in [6, 6.07) is 0. The second kappa shape index (κ2) is 9.89. The molecule has 0 aromatic heterocycles. The van der Waals surface area contributed by atoms with E-state index in [1.54, 1.807) is 0 Å². The normalized spacial score (nSPS) is 17.2. The highest BCUT2D eigenvalue weighted by Gasteiger charge is 2.29. The fourth-order valence-corrected chi connectivity index (χ4v) is 3.22. The van der Waals surface area contributed by atoms with Crippen LogP contribution in [-0.2, 0) is 4.79 Å². The summed E-state index contributed by atoms with van der Waals surface area (Å²) < 4.78 is 0. The van der Waals surface area contributed by atoms with Gasteiger partial charge in [-0.3, -0.25) is 4.79 Å². The Morgan fingerprint density at radius 2 is 1.68 bits per heavy atom. The van der Waals surface area contributed by atoms with Gasteiger partial charge in [-0.1, -0.05) is 44.9 Å². The number of carbonyl (C=O) groups is 1. The van der Waals surface area contributed by atoms with Crippen molar-refractivity contribution in [3.63, 3.8) is 0 Å². The Bertz CT molecular complexity index is 284. The van der Waals surface area contributed by atoms with Crippen LogP contribution in [0.1, 0.15) is 77.0 Å². The number of carboxylic acid groups (broad SMARTS) is 1. The van der Waals surface area contributed by atoms with Gasteiger partial charge in [-0.2, -0.15) is 0 Å². The van der Waals surface area contributed by atoms with Gasteiger partial charge in [0.1, 0.15) is 0 Å². The molecule has 2 heteroatoms. The van der Waals surface area contributed by atoms with Gasteiger partial charge in [0.25, 0.3) is 0 Å². The van der Waals surface area contributed by atoms with Crippen LogP contribution in [-0.4, -0.2) is 11.1 Å². The van der Waals surface area contributed by atoms with Crippen molar-refractivity contribution in [2.24, 2.45) is 11.8 Å². The zero-order valence-corrected chi connectivity index (χ0v) is 12.1. The molecule has 0 spiro atoms. The average Bonchev–Trinajstić information content (AvgIpc) is 2.90. The summed E-state index contributed by atoms with van der Waals surface area (Å²) in [4.78, 5) is 11.3. The molecule has 1 atom stereocenters. The van der Waals surface area contributed by atoms with Crippen LogP contribution < -0.4 is 0 Å². The van der Waals surface area contributed by atoms with Gasteiger partial charge in [-0.15, -0.1) is 12.3 Å². The van der Waals surface area contributed by atoms with E-state index in [4.69, 9.17) is 6.42 Å². The third kappa shape index (κ3) is 6.66. The predicted octanol–water partition coefficient (Wildman–Crippen LogP) is 4.63. The lowest BCUT2D eigenvalue weighted by Crippen LogP contribution is -2.21. The summed E-state index contributed by atoms with van der Waals surface area (Å²) in [5.41, 5.74) is 0. The van der Waals surface area contributed by atoms with Gasteiger partial charge in [0.05, 0.1) is 5.92 Å². The maximum Gasteiger partial charge on any atom is 0.306 e. The first kappa shape index (κ1) is 16.1. The molecule has 0 amide bonds. The first-order valence-corrected chi connectivity index (χ1v) is 7.92. The molecule has 108 valence electrons. The average molecular weight is 264 g/mol. The number of aliphatic carboxylic acids is 1. The highest BCUT2D eigenvalue weighted by Crippen LogP contribution is 2.34. The van der Waals surface area contributed by atoms with Gasteiger partial charge in [-0.05, 0) is 31.6 Å². The molecule has 2 nitrogen and oxygen atoms in total. The van der Waals surface area contributed by atoms with E-state index in [1.165, 1.54) is 38.5 Å². The molecule has 1 fully saturated rings. The van der Waals surface area contributed by atoms with E-state index in [9.17, 15) is 9.90 Å². The largest absolute Gasteiger partial charge is 0.481 e. The van der Waals surface area contributed by atoms with Crippen LogP contribution in [0.3, 0.4) is 0 Å². The molecule has 1 unspecified atom stereocenters. The minimum atomic E-state index is -0.569. The van der Waals surface area contributed by atoms with E-state index in [1.807, 2.05) is 0 Å². The Morgan fingerprint density at radius 1 is 1.11 bits per heavy atom. The second-order valence-electron chi connectivity index (χ2n) is 5.85. The maximum absolute atomic E-state index is 11.3. The summed E-state index contributed by atoms with van der Waals surface area (Å²) in [6.07, 6.45) is 18.7. The summed E-state index contributed by atoms with van der Waals surface area (Å²) in [7, 11) is 0. The lowest BCUT2D eigenvalue weighted by Gasteiger charge is -2.18. The number of rotatable bonds is 10. The molecule has 19 heavy (non-hydrogen) atoms. The Hall–Kier alpha value is -0.970. The molecule has 0 heterocycles. The molecule has 0 aromatic rings. The first-order chi connectivity index (χ1) is 9.25. The van der Waals surface area contributed by atoms with Crippen molar-refractivity contribution >= 4 is 5.97 Å². The van der Waals surface area contributed by atoms with Crippen LogP contribution in [0, 0.1) is 24.2 Å². The number of terminal acetylenes is 1. The smallest absolute Gasteiger partial charge is 0.306 e. The Balaban J connectivity index is 2.05. The van der Waals surface area contributed by atoms with Crippen molar-refractivity contribution in [2.75, 3.05) is 0 Å². The molecule has 0 saturated heterocycles. The van der Waals surface area contributed by atoms with Crippen molar-refractivity contribution in [2.45, 2.75) is 77.0 Å². The molecule has 1 aliphatic rings. The topological polar surface area (TPSA) is 37.3 Å². The molecule has 0 aromatic carbocycles. The lowest BCUT2D eigenvalue weighted by atomic mass is 9.86. The van der Waals surface area contributed by atoms with Crippen LogP contribution in [0.25, 0.3) is 0 Å². The van der Waals surface area contributed by atoms with E-state index in [0.29, 0.717) is 5.92 Å². The van der Waals surface area contributed by atoms with Crippen LogP contribution in [0.15, 0.2) is 0 Å². The Morgan fingerprint density at radius 3 is 2.26 bits per heavy atom. The lowest BCUT2D eigenvalue weighted by molar-refractivity contribution is -0.144. The Labute approximate surface area is 118 Å². The standard InChI is InChI=1S/C17H28O2/c1-2-3-4-5-6-7-8-9-14-16(17(18)19)15-12-10-11-13-15/h1,15-16H,3-14H2,(H,18,19). The predicted molar refractivity (Wildman–Crippen MR) is 78.9 cm³/mol. The molecule has 1 aliphatic carbocycles. The van der Waals surface area contributed by atoms with Crippen molar-refractivity contribution in [1.29, 1.82) is 0 Å². The molecule has 1 saturated carbocycles. The molecule has 1 rings (SSSR count). The van der Waals surface area contributed by atoms with Crippen molar-refractivity contribution in [1.82, 2.24) is 0 Å². The summed E-state index contributed by atoms with van der Waals surface area (Å²) in [5.74, 6) is 2.47.